The van der Waals surface area contributed by atoms with Crippen LogP contribution in [0.2, 0.25) is 0 Å². The van der Waals surface area contributed by atoms with Crippen LogP contribution in [-0.4, -0.2) is 24.0 Å². The number of carbonyl (C=O) groups is 1. The van der Waals surface area contributed by atoms with Crippen LogP contribution in [0.5, 0.6) is 0 Å². The molecular weight excluding hydrogens is 152 g/mol. The Morgan fingerprint density at radius 3 is 2.67 bits per heavy atom. The molecule has 0 aromatic rings. The van der Waals surface area contributed by atoms with Crippen molar-refractivity contribution in [1.29, 1.82) is 0 Å². The Kier molecular flexibility index (Phi) is 1.83. The summed E-state index contributed by atoms with van der Waals surface area (Å²) in [7, 11) is 0. The molecule has 0 saturated heterocycles. The van der Waals surface area contributed by atoms with E-state index < -0.39 is 0 Å². The number of amides is 1. The van der Waals surface area contributed by atoms with Crippen molar-refractivity contribution in [2.75, 3.05) is 6.54 Å². The average molecular weight is 168 g/mol. The molecule has 0 aliphatic heterocycles. The molecule has 2 N–H and O–H groups in total. The highest BCUT2D eigenvalue weighted by Gasteiger charge is 2.38. The van der Waals surface area contributed by atoms with E-state index in [2.05, 4.69) is 17.6 Å². The molecule has 2 aliphatic carbocycles. The maximum atomic E-state index is 11.3. The second kappa shape index (κ2) is 2.73. The zero-order chi connectivity index (χ0) is 8.60. The predicted octanol–water partition coefficient (Wildman–Crippen LogP) is 0.407. The third kappa shape index (κ3) is 2.21. The van der Waals surface area contributed by atoms with Crippen molar-refractivity contribution >= 4 is 5.91 Å². The Balaban J connectivity index is 1.62. The summed E-state index contributed by atoms with van der Waals surface area (Å²) in [6, 6.07) is 0.628. The summed E-state index contributed by atoms with van der Waals surface area (Å²) in [4.78, 5) is 11.3. The van der Waals surface area contributed by atoms with Crippen LogP contribution in [0.15, 0.2) is 0 Å². The van der Waals surface area contributed by atoms with Crippen LogP contribution < -0.4 is 10.6 Å². The Morgan fingerprint density at radius 2 is 2.17 bits per heavy atom. The van der Waals surface area contributed by atoms with Gasteiger partial charge in [-0.3, -0.25) is 4.79 Å². The van der Waals surface area contributed by atoms with Crippen LogP contribution in [0.4, 0.5) is 0 Å². The standard InChI is InChI=1S/C9H16N2O/c1-9(4-5-9)11-8(12)6-10-7-2-3-7/h7,10H,2-6H2,1H3,(H,11,12). The number of carbonyl (C=O) groups excluding carboxylic acids is 1. The highest BCUT2D eigenvalue weighted by molar-refractivity contribution is 5.79. The van der Waals surface area contributed by atoms with Crippen molar-refractivity contribution in [3.8, 4) is 0 Å². The zero-order valence-corrected chi connectivity index (χ0v) is 7.52. The molecule has 0 bridgehead atoms. The normalized spacial score (nSPS) is 25.1. The molecule has 3 nitrogen and oxygen atoms in total. The minimum atomic E-state index is 0.141. The van der Waals surface area contributed by atoms with Crippen LogP contribution in [0, 0.1) is 0 Å². The Morgan fingerprint density at radius 1 is 1.50 bits per heavy atom. The van der Waals surface area contributed by atoms with Crippen LogP contribution >= 0.6 is 0 Å². The first-order chi connectivity index (χ1) is 5.68. The predicted molar refractivity (Wildman–Crippen MR) is 46.8 cm³/mol. The van der Waals surface area contributed by atoms with Crippen LogP contribution in [0.3, 0.4) is 0 Å². The summed E-state index contributed by atoms with van der Waals surface area (Å²) in [6.45, 7) is 2.60. The molecule has 0 aromatic heterocycles. The molecule has 1 amide bonds. The summed E-state index contributed by atoms with van der Waals surface area (Å²) in [5.41, 5.74) is 0.141. The highest BCUT2D eigenvalue weighted by atomic mass is 16.2. The van der Waals surface area contributed by atoms with Gasteiger partial charge < -0.3 is 10.6 Å². The second-order valence-corrected chi connectivity index (χ2v) is 4.26. The molecule has 2 aliphatic rings. The molecular formula is C9H16N2O. The molecule has 3 heteroatoms. The van der Waals surface area contributed by atoms with Gasteiger partial charge in [0, 0.05) is 11.6 Å². The molecule has 12 heavy (non-hydrogen) atoms. The third-order valence-electron chi connectivity index (χ3n) is 2.57. The van der Waals surface area contributed by atoms with E-state index in [0.717, 1.165) is 12.8 Å². The van der Waals surface area contributed by atoms with Crippen LogP contribution in [0.25, 0.3) is 0 Å². The minimum absolute atomic E-state index is 0.141. The molecule has 0 atom stereocenters. The molecule has 0 unspecified atom stereocenters. The first-order valence-electron chi connectivity index (χ1n) is 4.72. The third-order valence-corrected chi connectivity index (χ3v) is 2.57. The maximum absolute atomic E-state index is 11.3. The molecule has 0 aromatic carbocycles. The van der Waals surface area contributed by atoms with Crippen LogP contribution in [-0.2, 0) is 4.79 Å². The summed E-state index contributed by atoms with van der Waals surface area (Å²) in [6.07, 6.45) is 4.76. The Labute approximate surface area is 72.9 Å². The fraction of sp³-hybridized carbons (Fsp3) is 0.889. The lowest BCUT2D eigenvalue weighted by atomic mass is 10.3. The fourth-order valence-corrected chi connectivity index (χ4v) is 1.22. The van der Waals surface area contributed by atoms with Gasteiger partial charge in [-0.25, -0.2) is 0 Å². The lowest BCUT2D eigenvalue weighted by Crippen LogP contribution is -2.40. The van der Waals surface area contributed by atoms with Gasteiger partial charge in [0.2, 0.25) is 5.91 Å². The van der Waals surface area contributed by atoms with Crippen molar-refractivity contribution in [3.63, 3.8) is 0 Å². The lowest BCUT2D eigenvalue weighted by Gasteiger charge is -2.11. The second-order valence-electron chi connectivity index (χ2n) is 4.26. The molecule has 0 heterocycles. The summed E-state index contributed by atoms with van der Waals surface area (Å²) < 4.78 is 0. The van der Waals surface area contributed by atoms with E-state index in [-0.39, 0.29) is 11.4 Å². The minimum Gasteiger partial charge on any atom is -0.350 e. The van der Waals surface area contributed by atoms with E-state index in [1.165, 1.54) is 12.8 Å². The van der Waals surface area contributed by atoms with Gasteiger partial charge in [-0.05, 0) is 32.6 Å². The zero-order valence-electron chi connectivity index (χ0n) is 7.52. The number of hydrogen-bond donors (Lipinski definition) is 2. The molecule has 2 rings (SSSR count). The van der Waals surface area contributed by atoms with Gasteiger partial charge >= 0.3 is 0 Å². The largest absolute Gasteiger partial charge is 0.350 e. The van der Waals surface area contributed by atoms with Crippen molar-refractivity contribution in [2.24, 2.45) is 0 Å². The monoisotopic (exact) mass is 168 g/mol. The highest BCUT2D eigenvalue weighted by Crippen LogP contribution is 2.34. The summed E-state index contributed by atoms with van der Waals surface area (Å²) in [5.74, 6) is 0.155. The summed E-state index contributed by atoms with van der Waals surface area (Å²) in [5, 5.41) is 6.21. The van der Waals surface area contributed by atoms with Gasteiger partial charge in [0.05, 0.1) is 6.54 Å². The van der Waals surface area contributed by atoms with Gasteiger partial charge in [-0.1, -0.05) is 0 Å². The molecule has 2 saturated carbocycles. The number of hydrogen-bond acceptors (Lipinski definition) is 2. The Hall–Kier alpha value is -0.570. The Bertz CT molecular complexity index is 195. The van der Waals surface area contributed by atoms with Crippen molar-refractivity contribution in [2.45, 2.75) is 44.2 Å². The number of rotatable bonds is 4. The smallest absolute Gasteiger partial charge is 0.234 e. The quantitative estimate of drug-likeness (QED) is 0.638. The molecule has 0 radical (unpaired) electrons. The van der Waals surface area contributed by atoms with Crippen molar-refractivity contribution in [1.82, 2.24) is 10.6 Å². The topological polar surface area (TPSA) is 41.1 Å². The first kappa shape index (κ1) is 8.05. The molecule has 68 valence electrons. The van der Waals surface area contributed by atoms with Gasteiger partial charge in [-0.15, -0.1) is 0 Å². The first-order valence-corrected chi connectivity index (χ1v) is 4.72. The fourth-order valence-electron chi connectivity index (χ4n) is 1.22. The average Bonchev–Trinajstić information content (AvgIpc) is 2.83. The van der Waals surface area contributed by atoms with Crippen molar-refractivity contribution < 1.29 is 4.79 Å². The van der Waals surface area contributed by atoms with Gasteiger partial charge in [0.1, 0.15) is 0 Å². The summed E-state index contributed by atoms with van der Waals surface area (Å²) >= 11 is 0. The molecule has 0 spiro atoms. The maximum Gasteiger partial charge on any atom is 0.234 e. The van der Waals surface area contributed by atoms with Crippen LogP contribution in [0.1, 0.15) is 32.6 Å². The van der Waals surface area contributed by atoms with Gasteiger partial charge in [0.15, 0.2) is 0 Å². The van der Waals surface area contributed by atoms with Crippen molar-refractivity contribution in [3.05, 3.63) is 0 Å². The van der Waals surface area contributed by atoms with E-state index in [0.29, 0.717) is 12.6 Å². The lowest BCUT2D eigenvalue weighted by molar-refractivity contribution is -0.121. The number of nitrogens with one attached hydrogen (secondary N) is 2. The van der Waals surface area contributed by atoms with E-state index >= 15 is 0 Å². The van der Waals surface area contributed by atoms with E-state index in [1.54, 1.807) is 0 Å². The van der Waals surface area contributed by atoms with E-state index in [9.17, 15) is 4.79 Å². The van der Waals surface area contributed by atoms with Gasteiger partial charge in [0.25, 0.3) is 0 Å². The van der Waals surface area contributed by atoms with Gasteiger partial charge in [-0.2, -0.15) is 0 Å². The van der Waals surface area contributed by atoms with E-state index in [1.807, 2.05) is 0 Å². The van der Waals surface area contributed by atoms with E-state index in [4.69, 9.17) is 0 Å². The SMILES string of the molecule is CC1(NC(=O)CNC2CC2)CC1. The molecule has 2 fully saturated rings.